The summed E-state index contributed by atoms with van der Waals surface area (Å²) in [6.07, 6.45) is 1.58. The number of rotatable bonds is 4. The molecule has 1 aliphatic rings. The van der Waals surface area contributed by atoms with E-state index < -0.39 is 6.10 Å². The minimum absolute atomic E-state index is 0.0485. The fourth-order valence-electron chi connectivity index (χ4n) is 2.10. The standard InChI is InChI=1S/C15H17NO3/c1-4-8-16-12-9-11(13(17)5-2)6-7-14(12)19-10(3)15(16)18/h4,6-7,9-10H,1,5,8H2,2-3H3. The van der Waals surface area contributed by atoms with Gasteiger partial charge in [-0.25, -0.2) is 0 Å². The Morgan fingerprint density at radius 2 is 2.26 bits per heavy atom. The summed E-state index contributed by atoms with van der Waals surface area (Å²) >= 11 is 0. The van der Waals surface area contributed by atoms with Crippen molar-refractivity contribution in [3.05, 3.63) is 36.4 Å². The zero-order chi connectivity index (χ0) is 14.0. The van der Waals surface area contributed by atoms with Crippen molar-refractivity contribution in [2.45, 2.75) is 26.4 Å². The number of hydrogen-bond donors (Lipinski definition) is 0. The second-order valence-electron chi connectivity index (χ2n) is 4.46. The Bertz CT molecular complexity index is 536. The van der Waals surface area contributed by atoms with E-state index >= 15 is 0 Å². The van der Waals surface area contributed by atoms with Gasteiger partial charge in [0.2, 0.25) is 0 Å². The van der Waals surface area contributed by atoms with Crippen LogP contribution in [0.2, 0.25) is 0 Å². The van der Waals surface area contributed by atoms with E-state index in [-0.39, 0.29) is 11.7 Å². The predicted octanol–water partition coefficient (Wildman–Crippen LogP) is 2.58. The van der Waals surface area contributed by atoms with Gasteiger partial charge in [0.05, 0.1) is 5.69 Å². The van der Waals surface area contributed by atoms with Gasteiger partial charge in [0.25, 0.3) is 5.91 Å². The molecule has 1 amide bonds. The van der Waals surface area contributed by atoms with Crippen molar-refractivity contribution in [2.75, 3.05) is 11.4 Å². The summed E-state index contributed by atoms with van der Waals surface area (Å²) in [6, 6.07) is 5.20. The molecule has 1 aromatic carbocycles. The van der Waals surface area contributed by atoms with Gasteiger partial charge >= 0.3 is 0 Å². The van der Waals surface area contributed by atoms with Crippen LogP contribution < -0.4 is 9.64 Å². The molecule has 1 aromatic rings. The van der Waals surface area contributed by atoms with E-state index in [9.17, 15) is 9.59 Å². The Morgan fingerprint density at radius 1 is 1.53 bits per heavy atom. The van der Waals surface area contributed by atoms with E-state index in [1.54, 1.807) is 36.1 Å². The number of anilines is 1. The molecular weight excluding hydrogens is 242 g/mol. The molecule has 0 saturated carbocycles. The molecule has 0 aliphatic carbocycles. The van der Waals surface area contributed by atoms with Gasteiger partial charge in [0, 0.05) is 18.5 Å². The first kappa shape index (κ1) is 13.3. The highest BCUT2D eigenvalue weighted by Crippen LogP contribution is 2.35. The smallest absolute Gasteiger partial charge is 0.268 e. The number of carbonyl (C=O) groups is 2. The quantitative estimate of drug-likeness (QED) is 0.616. The summed E-state index contributed by atoms with van der Waals surface area (Å²) in [5.41, 5.74) is 1.24. The molecule has 1 aliphatic heterocycles. The van der Waals surface area contributed by atoms with Crippen LogP contribution in [0.5, 0.6) is 5.75 Å². The van der Waals surface area contributed by atoms with Crippen LogP contribution in [0.3, 0.4) is 0 Å². The van der Waals surface area contributed by atoms with Gasteiger partial charge in [-0.2, -0.15) is 0 Å². The Labute approximate surface area is 112 Å². The first-order valence-corrected chi connectivity index (χ1v) is 6.34. The molecule has 1 atom stereocenters. The van der Waals surface area contributed by atoms with Crippen molar-refractivity contribution in [1.82, 2.24) is 0 Å². The van der Waals surface area contributed by atoms with E-state index in [1.807, 2.05) is 6.92 Å². The van der Waals surface area contributed by atoms with E-state index in [1.165, 1.54) is 0 Å². The lowest BCUT2D eigenvalue weighted by atomic mass is 10.1. The SMILES string of the molecule is C=CCN1C(=O)C(C)Oc2ccc(C(=O)CC)cc21. The van der Waals surface area contributed by atoms with Crippen LogP contribution in [0.15, 0.2) is 30.9 Å². The monoisotopic (exact) mass is 259 g/mol. The van der Waals surface area contributed by atoms with Crippen LogP contribution in [0, 0.1) is 0 Å². The van der Waals surface area contributed by atoms with Crippen molar-refractivity contribution >= 4 is 17.4 Å². The van der Waals surface area contributed by atoms with Gasteiger partial charge in [-0.15, -0.1) is 6.58 Å². The zero-order valence-corrected chi connectivity index (χ0v) is 11.2. The molecule has 0 spiro atoms. The molecule has 1 heterocycles. The molecule has 2 rings (SSSR count). The van der Waals surface area contributed by atoms with Gasteiger partial charge in [-0.3, -0.25) is 9.59 Å². The average molecular weight is 259 g/mol. The van der Waals surface area contributed by atoms with Crippen LogP contribution >= 0.6 is 0 Å². The molecule has 0 aromatic heterocycles. The topological polar surface area (TPSA) is 46.6 Å². The summed E-state index contributed by atoms with van der Waals surface area (Å²) in [4.78, 5) is 25.4. The van der Waals surface area contributed by atoms with E-state index in [2.05, 4.69) is 6.58 Å². The number of hydrogen-bond acceptors (Lipinski definition) is 3. The Hall–Kier alpha value is -2.10. The van der Waals surface area contributed by atoms with Gasteiger partial charge in [0.1, 0.15) is 5.75 Å². The molecule has 4 nitrogen and oxygen atoms in total. The highest BCUT2D eigenvalue weighted by molar-refractivity contribution is 6.03. The molecule has 0 saturated heterocycles. The number of nitrogens with zero attached hydrogens (tertiary/aromatic N) is 1. The normalized spacial score (nSPS) is 17.7. The summed E-state index contributed by atoms with van der Waals surface area (Å²) < 4.78 is 5.55. The minimum Gasteiger partial charge on any atom is -0.479 e. The fourth-order valence-corrected chi connectivity index (χ4v) is 2.10. The molecule has 100 valence electrons. The average Bonchev–Trinajstić information content (AvgIpc) is 2.42. The lowest BCUT2D eigenvalue weighted by Gasteiger charge is -2.32. The molecule has 1 unspecified atom stereocenters. The number of Topliss-reactive ketones (excluding diaryl/α,β-unsaturated/α-hetero) is 1. The maximum absolute atomic E-state index is 12.1. The third-order valence-corrected chi connectivity index (χ3v) is 3.12. The highest BCUT2D eigenvalue weighted by Gasteiger charge is 2.31. The molecular formula is C15H17NO3. The number of benzene rings is 1. The van der Waals surface area contributed by atoms with Crippen molar-refractivity contribution in [3.8, 4) is 5.75 Å². The maximum Gasteiger partial charge on any atom is 0.268 e. The highest BCUT2D eigenvalue weighted by atomic mass is 16.5. The van der Waals surface area contributed by atoms with Crippen molar-refractivity contribution in [2.24, 2.45) is 0 Å². The fraction of sp³-hybridized carbons (Fsp3) is 0.333. The van der Waals surface area contributed by atoms with Gasteiger partial charge in [0.15, 0.2) is 11.9 Å². The molecule has 0 fully saturated rings. The summed E-state index contributed by atoms with van der Waals surface area (Å²) in [6.45, 7) is 7.59. The molecule has 0 N–H and O–H groups in total. The molecule has 19 heavy (non-hydrogen) atoms. The van der Waals surface area contributed by atoms with E-state index in [0.717, 1.165) is 0 Å². The van der Waals surface area contributed by atoms with Gasteiger partial charge in [-0.1, -0.05) is 13.0 Å². The molecule has 0 radical (unpaired) electrons. The number of fused-ring (bicyclic) bond motifs is 1. The lowest BCUT2D eigenvalue weighted by molar-refractivity contribution is -0.125. The van der Waals surface area contributed by atoms with E-state index in [0.29, 0.717) is 30.0 Å². The summed E-state index contributed by atoms with van der Waals surface area (Å²) in [5, 5.41) is 0. The van der Waals surface area contributed by atoms with Crippen LogP contribution in [-0.4, -0.2) is 24.3 Å². The first-order chi connectivity index (χ1) is 9.08. The molecule has 0 bridgehead atoms. The zero-order valence-electron chi connectivity index (χ0n) is 11.2. The Kier molecular flexibility index (Phi) is 3.69. The number of ketones is 1. The Balaban J connectivity index is 2.48. The molecule has 4 heteroatoms. The Morgan fingerprint density at radius 3 is 2.89 bits per heavy atom. The first-order valence-electron chi connectivity index (χ1n) is 6.34. The largest absolute Gasteiger partial charge is 0.479 e. The van der Waals surface area contributed by atoms with Crippen LogP contribution in [0.25, 0.3) is 0 Å². The summed E-state index contributed by atoms with van der Waals surface area (Å²) in [7, 11) is 0. The number of carbonyl (C=O) groups excluding carboxylic acids is 2. The van der Waals surface area contributed by atoms with Crippen molar-refractivity contribution in [1.29, 1.82) is 0 Å². The number of amides is 1. The van der Waals surface area contributed by atoms with Gasteiger partial charge < -0.3 is 9.64 Å². The predicted molar refractivity (Wildman–Crippen MR) is 73.7 cm³/mol. The van der Waals surface area contributed by atoms with Crippen molar-refractivity contribution in [3.63, 3.8) is 0 Å². The number of ether oxygens (including phenoxy) is 1. The van der Waals surface area contributed by atoms with E-state index in [4.69, 9.17) is 4.74 Å². The second kappa shape index (κ2) is 5.26. The van der Waals surface area contributed by atoms with Crippen molar-refractivity contribution < 1.29 is 14.3 Å². The minimum atomic E-state index is -0.514. The van der Waals surface area contributed by atoms with Gasteiger partial charge in [-0.05, 0) is 25.1 Å². The maximum atomic E-state index is 12.1. The van der Waals surface area contributed by atoms with Crippen LogP contribution in [-0.2, 0) is 4.79 Å². The third-order valence-electron chi connectivity index (χ3n) is 3.12. The van der Waals surface area contributed by atoms with Crippen LogP contribution in [0.1, 0.15) is 30.6 Å². The lowest BCUT2D eigenvalue weighted by Crippen LogP contribution is -2.44. The third kappa shape index (κ3) is 2.38. The second-order valence-corrected chi connectivity index (χ2v) is 4.46. The van der Waals surface area contributed by atoms with Crippen LogP contribution in [0.4, 0.5) is 5.69 Å². The summed E-state index contributed by atoms with van der Waals surface area (Å²) in [5.74, 6) is 0.558.